The van der Waals surface area contributed by atoms with E-state index in [0.29, 0.717) is 40.7 Å². The molecule has 2 atom stereocenters. The SMILES string of the molecule is CCOc1cc([C@H]2NC(=O)NC(C)=C2C(=O)OC)ccc1OC[C@H](O)N/N=C/c1c(OCC#N)ccc2ccccc12. The van der Waals surface area contributed by atoms with Crippen LogP contribution in [0.4, 0.5) is 4.79 Å². The predicted molar refractivity (Wildman–Crippen MR) is 154 cm³/mol. The number of hydrogen-bond acceptors (Lipinski definition) is 10. The number of amides is 2. The van der Waals surface area contributed by atoms with Gasteiger partial charge in [0.15, 0.2) is 24.3 Å². The highest BCUT2D eigenvalue weighted by Gasteiger charge is 2.32. The van der Waals surface area contributed by atoms with Gasteiger partial charge in [-0.3, -0.25) is 5.43 Å². The fourth-order valence-electron chi connectivity index (χ4n) is 4.45. The van der Waals surface area contributed by atoms with Crippen LogP contribution in [-0.4, -0.2) is 56.5 Å². The maximum atomic E-state index is 12.4. The molecule has 12 heteroatoms. The Hall–Kier alpha value is -5.28. The average Bonchev–Trinajstić information content (AvgIpc) is 2.99. The molecule has 2 amide bonds. The molecule has 0 aromatic heterocycles. The average molecular weight is 574 g/mol. The van der Waals surface area contributed by atoms with Gasteiger partial charge in [-0.25, -0.2) is 9.59 Å². The highest BCUT2D eigenvalue weighted by Crippen LogP contribution is 2.35. The van der Waals surface area contributed by atoms with E-state index in [1.165, 1.54) is 13.3 Å². The van der Waals surface area contributed by atoms with Gasteiger partial charge in [0.2, 0.25) is 0 Å². The minimum atomic E-state index is -1.19. The summed E-state index contributed by atoms with van der Waals surface area (Å²) in [7, 11) is 1.27. The van der Waals surface area contributed by atoms with Crippen LogP contribution in [0.25, 0.3) is 10.8 Å². The standard InChI is InChI=1S/C30H31N5O7/c1-4-40-25-15-20(28-27(29(37)39-3)18(2)33-30(38)34-28)10-12-24(25)42-17-26(36)35-32-16-22-21-8-6-5-7-19(21)9-11-23(22)41-14-13-31/h5-12,15-16,26,28,35-36H,4,14,17H2,1-3H3,(H2,33,34,38)/b32-16+/t26-,28+/m0/s1. The smallest absolute Gasteiger partial charge is 0.337 e. The molecule has 42 heavy (non-hydrogen) atoms. The van der Waals surface area contributed by atoms with Crippen LogP contribution in [0.1, 0.15) is 31.0 Å². The number of rotatable bonds is 12. The van der Waals surface area contributed by atoms with Gasteiger partial charge in [-0.1, -0.05) is 36.4 Å². The molecule has 0 saturated heterocycles. The van der Waals surface area contributed by atoms with Crippen LogP contribution >= 0.6 is 0 Å². The number of benzene rings is 3. The Kier molecular flexibility index (Phi) is 9.81. The number of carbonyl (C=O) groups is 2. The molecule has 3 aromatic rings. The van der Waals surface area contributed by atoms with Crippen molar-refractivity contribution in [3.05, 3.63) is 77.0 Å². The molecule has 0 unspecified atom stereocenters. The van der Waals surface area contributed by atoms with Gasteiger partial charge >= 0.3 is 12.0 Å². The van der Waals surface area contributed by atoms with Crippen LogP contribution in [0.3, 0.4) is 0 Å². The van der Waals surface area contributed by atoms with E-state index in [9.17, 15) is 14.7 Å². The van der Waals surface area contributed by atoms with E-state index in [-0.39, 0.29) is 18.8 Å². The number of nitrogens with one attached hydrogen (secondary N) is 3. The molecule has 0 saturated carbocycles. The van der Waals surface area contributed by atoms with Crippen LogP contribution < -0.4 is 30.3 Å². The number of urea groups is 1. The lowest BCUT2D eigenvalue weighted by Gasteiger charge is -2.28. The molecule has 3 aromatic carbocycles. The Bertz CT molecular complexity index is 1560. The first kappa shape index (κ1) is 29.7. The Balaban J connectivity index is 1.47. The number of aliphatic hydroxyl groups excluding tert-OH is 1. The third-order valence-corrected chi connectivity index (χ3v) is 6.31. The molecule has 1 heterocycles. The van der Waals surface area contributed by atoms with Crippen LogP contribution in [0.2, 0.25) is 0 Å². The molecule has 0 bridgehead atoms. The number of nitriles is 1. The lowest BCUT2D eigenvalue weighted by Crippen LogP contribution is -2.45. The van der Waals surface area contributed by atoms with Crippen LogP contribution in [-0.2, 0) is 9.53 Å². The Morgan fingerprint density at radius 1 is 1.14 bits per heavy atom. The topological polar surface area (TPSA) is 164 Å². The summed E-state index contributed by atoms with van der Waals surface area (Å²) >= 11 is 0. The third-order valence-electron chi connectivity index (χ3n) is 6.31. The minimum Gasteiger partial charge on any atom is -0.490 e. The lowest BCUT2D eigenvalue weighted by molar-refractivity contribution is -0.136. The van der Waals surface area contributed by atoms with Gasteiger partial charge in [0.05, 0.1) is 31.5 Å². The van der Waals surface area contributed by atoms with Crippen molar-refractivity contribution in [2.75, 3.05) is 26.9 Å². The van der Waals surface area contributed by atoms with E-state index in [2.05, 4.69) is 21.2 Å². The first-order valence-corrected chi connectivity index (χ1v) is 13.1. The van der Waals surface area contributed by atoms with Crippen LogP contribution in [0.15, 0.2) is 71.0 Å². The van der Waals surface area contributed by atoms with Gasteiger partial charge in [-0.15, -0.1) is 0 Å². The Morgan fingerprint density at radius 2 is 1.93 bits per heavy atom. The largest absolute Gasteiger partial charge is 0.490 e. The molecule has 0 aliphatic carbocycles. The first-order valence-electron chi connectivity index (χ1n) is 13.1. The number of hydrazone groups is 1. The van der Waals surface area contributed by atoms with E-state index in [1.54, 1.807) is 38.1 Å². The summed E-state index contributed by atoms with van der Waals surface area (Å²) in [5.74, 6) is 0.603. The fraction of sp³-hybridized carbons (Fsp3) is 0.267. The number of carbonyl (C=O) groups excluding carboxylic acids is 2. The zero-order chi connectivity index (χ0) is 30.1. The second-order valence-corrected chi connectivity index (χ2v) is 9.06. The highest BCUT2D eigenvalue weighted by atomic mass is 16.5. The van der Waals surface area contributed by atoms with E-state index >= 15 is 0 Å². The van der Waals surface area contributed by atoms with Crippen molar-refractivity contribution >= 4 is 29.0 Å². The van der Waals surface area contributed by atoms with Crippen LogP contribution in [0, 0.1) is 11.3 Å². The van der Waals surface area contributed by atoms with Gasteiger partial charge in [-0.05, 0) is 48.4 Å². The summed E-state index contributed by atoms with van der Waals surface area (Å²) in [4.78, 5) is 24.6. The number of allylic oxidation sites excluding steroid dienone is 1. The molecule has 0 fully saturated rings. The van der Waals surface area contributed by atoms with Gasteiger partial charge < -0.3 is 34.7 Å². The fourth-order valence-corrected chi connectivity index (χ4v) is 4.45. The normalized spacial score (nSPS) is 15.4. The molecule has 4 N–H and O–H groups in total. The second-order valence-electron chi connectivity index (χ2n) is 9.06. The van der Waals surface area contributed by atoms with Crippen molar-refractivity contribution in [1.82, 2.24) is 16.1 Å². The van der Waals surface area contributed by atoms with E-state index < -0.39 is 24.3 Å². The van der Waals surface area contributed by atoms with Gasteiger partial charge in [0.25, 0.3) is 0 Å². The van der Waals surface area contributed by atoms with Crippen LogP contribution in [0.5, 0.6) is 17.2 Å². The Labute approximate surface area is 242 Å². The van der Waals surface area contributed by atoms with Crippen molar-refractivity contribution in [3.8, 4) is 23.3 Å². The Morgan fingerprint density at radius 3 is 2.69 bits per heavy atom. The molecular formula is C30H31N5O7. The number of methoxy groups -OCH3 is 1. The predicted octanol–water partition coefficient (Wildman–Crippen LogP) is 3.26. The van der Waals surface area contributed by atoms with Crippen molar-refractivity contribution < 1.29 is 33.6 Å². The van der Waals surface area contributed by atoms with Crippen molar-refractivity contribution in [2.45, 2.75) is 26.1 Å². The van der Waals surface area contributed by atoms with Gasteiger partial charge in [0.1, 0.15) is 18.4 Å². The summed E-state index contributed by atoms with van der Waals surface area (Å²) in [5.41, 5.74) is 4.50. The molecular weight excluding hydrogens is 542 g/mol. The van der Waals surface area contributed by atoms with E-state index in [1.807, 2.05) is 36.4 Å². The number of esters is 1. The second kappa shape index (κ2) is 13.9. The molecule has 1 aliphatic heterocycles. The zero-order valence-electron chi connectivity index (χ0n) is 23.3. The number of nitrogens with zero attached hydrogens (tertiary/aromatic N) is 2. The van der Waals surface area contributed by atoms with Gasteiger partial charge in [0, 0.05) is 11.3 Å². The molecule has 4 rings (SSSR count). The van der Waals surface area contributed by atoms with E-state index in [0.717, 1.165) is 10.8 Å². The summed E-state index contributed by atoms with van der Waals surface area (Å²) < 4.78 is 22.0. The third kappa shape index (κ3) is 6.89. The maximum Gasteiger partial charge on any atom is 0.337 e. The summed E-state index contributed by atoms with van der Waals surface area (Å²) in [5, 5.41) is 30.7. The zero-order valence-corrected chi connectivity index (χ0v) is 23.3. The summed E-state index contributed by atoms with van der Waals surface area (Å²) in [6.45, 7) is 3.45. The molecule has 0 radical (unpaired) electrons. The number of fused-ring (bicyclic) bond motifs is 1. The van der Waals surface area contributed by atoms with Crippen molar-refractivity contribution in [1.29, 1.82) is 5.26 Å². The van der Waals surface area contributed by atoms with E-state index in [4.69, 9.17) is 24.2 Å². The molecule has 12 nitrogen and oxygen atoms in total. The summed E-state index contributed by atoms with van der Waals surface area (Å²) in [6, 6.07) is 17.0. The highest BCUT2D eigenvalue weighted by molar-refractivity contribution is 6.02. The summed E-state index contributed by atoms with van der Waals surface area (Å²) in [6.07, 6.45) is 0.328. The molecule has 1 aliphatic rings. The van der Waals surface area contributed by atoms with Crippen molar-refractivity contribution in [2.24, 2.45) is 5.10 Å². The monoisotopic (exact) mass is 573 g/mol. The van der Waals surface area contributed by atoms with Gasteiger partial charge in [-0.2, -0.15) is 10.4 Å². The number of aliphatic hydroxyl groups is 1. The first-order chi connectivity index (χ1) is 20.4. The molecule has 0 spiro atoms. The van der Waals surface area contributed by atoms with Crippen molar-refractivity contribution in [3.63, 3.8) is 0 Å². The molecule has 218 valence electrons. The minimum absolute atomic E-state index is 0.117. The number of ether oxygens (including phenoxy) is 4. The lowest BCUT2D eigenvalue weighted by atomic mass is 9.95. The maximum absolute atomic E-state index is 12.4. The quantitative estimate of drug-likeness (QED) is 0.110. The number of hydrogen-bond donors (Lipinski definition) is 4.